The van der Waals surface area contributed by atoms with E-state index in [1.54, 1.807) is 0 Å². The van der Waals surface area contributed by atoms with Crippen LogP contribution >= 0.6 is 0 Å². The highest BCUT2D eigenvalue weighted by atomic mass is 16.1. The summed E-state index contributed by atoms with van der Waals surface area (Å²) >= 11 is 0. The summed E-state index contributed by atoms with van der Waals surface area (Å²) < 4.78 is 0. The average Bonchev–Trinajstić information content (AvgIpc) is 2.09. The van der Waals surface area contributed by atoms with Crippen molar-refractivity contribution in [2.75, 3.05) is 6.54 Å². The van der Waals surface area contributed by atoms with Crippen molar-refractivity contribution in [3.8, 4) is 0 Å². The predicted molar refractivity (Wildman–Crippen MR) is 57.9 cm³/mol. The second-order valence-corrected chi connectivity index (χ2v) is 4.45. The van der Waals surface area contributed by atoms with E-state index in [1.165, 1.54) is 25.7 Å². The van der Waals surface area contributed by atoms with Crippen molar-refractivity contribution in [2.24, 2.45) is 11.1 Å². The molecule has 1 saturated carbocycles. The second kappa shape index (κ2) is 4.78. The quantitative estimate of drug-likeness (QED) is 0.678. The molecule has 3 nitrogen and oxygen atoms in total. The zero-order chi connectivity index (χ0) is 10.6. The fourth-order valence-corrected chi connectivity index (χ4v) is 2.12. The number of carbonyl (C=O) groups excluding carboxylic acids is 1. The number of hydrogen-bond acceptors (Lipinski definition) is 2. The van der Waals surface area contributed by atoms with Crippen LogP contribution in [0.25, 0.3) is 0 Å². The van der Waals surface area contributed by atoms with Gasteiger partial charge in [-0.1, -0.05) is 20.3 Å². The fourth-order valence-electron chi connectivity index (χ4n) is 2.12. The van der Waals surface area contributed by atoms with Crippen LogP contribution in [-0.2, 0) is 4.79 Å². The molecule has 1 rings (SSSR count). The van der Waals surface area contributed by atoms with Gasteiger partial charge < -0.3 is 11.1 Å². The van der Waals surface area contributed by atoms with Gasteiger partial charge in [0, 0.05) is 6.54 Å². The van der Waals surface area contributed by atoms with Gasteiger partial charge in [0.15, 0.2) is 0 Å². The summed E-state index contributed by atoms with van der Waals surface area (Å²) in [6.07, 6.45) is 5.92. The number of primary amides is 1. The number of hydrogen-bond donors (Lipinski definition) is 2. The highest BCUT2D eigenvalue weighted by Crippen LogP contribution is 2.43. The number of carbonyl (C=O) groups is 1. The van der Waals surface area contributed by atoms with Crippen molar-refractivity contribution >= 4 is 5.91 Å². The molecule has 1 aliphatic carbocycles. The van der Waals surface area contributed by atoms with E-state index < -0.39 is 0 Å². The summed E-state index contributed by atoms with van der Waals surface area (Å²) in [7, 11) is 0. The van der Waals surface area contributed by atoms with E-state index in [9.17, 15) is 4.79 Å². The molecule has 0 spiro atoms. The first-order valence-corrected chi connectivity index (χ1v) is 5.66. The van der Waals surface area contributed by atoms with Crippen molar-refractivity contribution in [2.45, 2.75) is 52.0 Å². The lowest BCUT2D eigenvalue weighted by molar-refractivity contribution is -0.120. The molecule has 0 aromatic carbocycles. The maximum absolute atomic E-state index is 11.0. The van der Waals surface area contributed by atoms with E-state index in [0.29, 0.717) is 5.41 Å². The molecule has 14 heavy (non-hydrogen) atoms. The molecule has 0 aliphatic heterocycles. The van der Waals surface area contributed by atoms with Crippen LogP contribution in [0.15, 0.2) is 0 Å². The molecule has 1 amide bonds. The fraction of sp³-hybridized carbons (Fsp3) is 0.909. The smallest absolute Gasteiger partial charge is 0.234 e. The Morgan fingerprint density at radius 3 is 2.43 bits per heavy atom. The van der Waals surface area contributed by atoms with Gasteiger partial charge in [0.1, 0.15) is 0 Å². The first-order valence-electron chi connectivity index (χ1n) is 5.66. The van der Waals surface area contributed by atoms with E-state index >= 15 is 0 Å². The number of amides is 1. The van der Waals surface area contributed by atoms with E-state index in [4.69, 9.17) is 5.73 Å². The third-order valence-corrected chi connectivity index (χ3v) is 3.64. The standard InChI is InChI=1S/C11H22N2O/c1-3-9(10(12)14)13-8-11(4-2)6-5-7-11/h9,13H,3-8H2,1-2H3,(H2,12,14). The SMILES string of the molecule is CCC(NCC1(CC)CCC1)C(N)=O. The van der Waals surface area contributed by atoms with Gasteiger partial charge in [-0.05, 0) is 31.1 Å². The molecule has 0 aromatic rings. The van der Waals surface area contributed by atoms with Crippen LogP contribution in [0.5, 0.6) is 0 Å². The first-order chi connectivity index (χ1) is 6.63. The summed E-state index contributed by atoms with van der Waals surface area (Å²) in [5.74, 6) is -0.224. The molecule has 0 bridgehead atoms. The maximum atomic E-state index is 11.0. The minimum Gasteiger partial charge on any atom is -0.368 e. The Morgan fingerprint density at radius 2 is 2.14 bits per heavy atom. The van der Waals surface area contributed by atoms with Crippen molar-refractivity contribution < 1.29 is 4.79 Å². The van der Waals surface area contributed by atoms with E-state index in [-0.39, 0.29) is 11.9 Å². The highest BCUT2D eigenvalue weighted by molar-refractivity contribution is 5.79. The largest absolute Gasteiger partial charge is 0.368 e. The van der Waals surface area contributed by atoms with Crippen LogP contribution in [-0.4, -0.2) is 18.5 Å². The summed E-state index contributed by atoms with van der Waals surface area (Å²) in [6.45, 7) is 5.17. The van der Waals surface area contributed by atoms with Crippen molar-refractivity contribution in [3.05, 3.63) is 0 Å². The van der Waals surface area contributed by atoms with Gasteiger partial charge in [-0.2, -0.15) is 0 Å². The normalized spacial score (nSPS) is 21.3. The number of nitrogens with one attached hydrogen (secondary N) is 1. The van der Waals surface area contributed by atoms with Crippen molar-refractivity contribution in [1.82, 2.24) is 5.32 Å². The molecular formula is C11H22N2O. The molecule has 1 atom stereocenters. The monoisotopic (exact) mass is 198 g/mol. The van der Waals surface area contributed by atoms with E-state index in [2.05, 4.69) is 12.2 Å². The molecule has 82 valence electrons. The van der Waals surface area contributed by atoms with Gasteiger partial charge in [0.2, 0.25) is 5.91 Å². The van der Waals surface area contributed by atoms with Gasteiger partial charge in [-0.3, -0.25) is 4.79 Å². The van der Waals surface area contributed by atoms with Gasteiger partial charge >= 0.3 is 0 Å². The molecule has 1 fully saturated rings. The summed E-state index contributed by atoms with van der Waals surface area (Å²) in [5, 5.41) is 3.29. The molecule has 3 N–H and O–H groups in total. The molecule has 0 heterocycles. The van der Waals surface area contributed by atoms with Gasteiger partial charge in [0.05, 0.1) is 6.04 Å². The van der Waals surface area contributed by atoms with Crippen LogP contribution in [0.1, 0.15) is 46.0 Å². The Morgan fingerprint density at radius 1 is 1.50 bits per heavy atom. The summed E-state index contributed by atoms with van der Waals surface area (Å²) in [4.78, 5) is 11.0. The Hall–Kier alpha value is -0.570. The number of nitrogens with two attached hydrogens (primary N) is 1. The number of rotatable bonds is 6. The zero-order valence-corrected chi connectivity index (χ0v) is 9.31. The summed E-state index contributed by atoms with van der Waals surface area (Å²) in [5.41, 5.74) is 5.74. The van der Waals surface area contributed by atoms with E-state index in [1.807, 2.05) is 6.92 Å². The van der Waals surface area contributed by atoms with Crippen LogP contribution in [0, 0.1) is 5.41 Å². The molecule has 1 aliphatic rings. The lowest BCUT2D eigenvalue weighted by Gasteiger charge is -2.42. The second-order valence-electron chi connectivity index (χ2n) is 4.45. The molecule has 0 radical (unpaired) electrons. The van der Waals surface area contributed by atoms with Gasteiger partial charge in [0.25, 0.3) is 0 Å². The third-order valence-electron chi connectivity index (χ3n) is 3.64. The minimum atomic E-state index is -0.224. The van der Waals surface area contributed by atoms with Gasteiger partial charge in [-0.15, -0.1) is 0 Å². The first kappa shape index (κ1) is 11.5. The lowest BCUT2D eigenvalue weighted by atomic mass is 9.67. The molecule has 0 aromatic heterocycles. The van der Waals surface area contributed by atoms with Crippen LogP contribution < -0.4 is 11.1 Å². The van der Waals surface area contributed by atoms with Crippen LogP contribution in [0.4, 0.5) is 0 Å². The van der Waals surface area contributed by atoms with Gasteiger partial charge in [-0.25, -0.2) is 0 Å². The maximum Gasteiger partial charge on any atom is 0.234 e. The average molecular weight is 198 g/mol. The van der Waals surface area contributed by atoms with E-state index in [0.717, 1.165) is 13.0 Å². The zero-order valence-electron chi connectivity index (χ0n) is 9.31. The molecular weight excluding hydrogens is 176 g/mol. The Labute approximate surface area is 86.4 Å². The minimum absolute atomic E-state index is 0.140. The lowest BCUT2D eigenvalue weighted by Crippen LogP contribution is -2.48. The van der Waals surface area contributed by atoms with Crippen LogP contribution in [0.2, 0.25) is 0 Å². The van der Waals surface area contributed by atoms with Crippen molar-refractivity contribution in [3.63, 3.8) is 0 Å². The third kappa shape index (κ3) is 2.47. The predicted octanol–water partition coefficient (Wildman–Crippen LogP) is 1.42. The molecule has 0 saturated heterocycles. The topological polar surface area (TPSA) is 55.1 Å². The Kier molecular flexibility index (Phi) is 3.93. The molecule has 1 unspecified atom stereocenters. The van der Waals surface area contributed by atoms with Crippen LogP contribution in [0.3, 0.4) is 0 Å². The highest BCUT2D eigenvalue weighted by Gasteiger charge is 2.35. The summed E-state index contributed by atoms with van der Waals surface area (Å²) in [6, 6.07) is -0.140. The Bertz CT molecular complexity index is 194. The molecule has 3 heteroatoms. The van der Waals surface area contributed by atoms with Crippen molar-refractivity contribution in [1.29, 1.82) is 0 Å². The Balaban J connectivity index is 2.34.